The zero-order valence-electron chi connectivity index (χ0n) is 12.7. The Morgan fingerprint density at radius 3 is 2.65 bits per heavy atom. The summed E-state index contributed by atoms with van der Waals surface area (Å²) in [6.45, 7) is 3.46. The third-order valence-electron chi connectivity index (χ3n) is 5.83. The first kappa shape index (κ1) is 14.8. The third kappa shape index (κ3) is 2.66. The molecular weight excluding hydrogens is 270 g/mol. The average Bonchev–Trinajstić information content (AvgIpc) is 2.48. The molecule has 0 aromatic heterocycles. The Bertz CT molecular complexity index is 359. The van der Waals surface area contributed by atoms with Crippen molar-refractivity contribution in [3.8, 4) is 0 Å². The summed E-state index contributed by atoms with van der Waals surface area (Å²) >= 11 is 6.36. The van der Waals surface area contributed by atoms with Crippen molar-refractivity contribution >= 4 is 17.4 Å². The van der Waals surface area contributed by atoms with Gasteiger partial charge in [0.2, 0.25) is 0 Å². The van der Waals surface area contributed by atoms with Crippen LogP contribution in [0.25, 0.3) is 0 Å². The van der Waals surface area contributed by atoms with Crippen molar-refractivity contribution in [1.82, 2.24) is 4.90 Å². The Morgan fingerprint density at radius 2 is 1.85 bits per heavy atom. The lowest BCUT2D eigenvalue weighted by atomic mass is 9.67. The first-order valence-corrected chi connectivity index (χ1v) is 9.09. The zero-order chi connectivity index (χ0) is 14.1. The van der Waals surface area contributed by atoms with Crippen LogP contribution in [0.3, 0.4) is 0 Å². The van der Waals surface area contributed by atoms with Crippen LogP contribution in [0.4, 0.5) is 0 Å². The molecule has 0 aromatic carbocycles. The molecule has 0 amide bonds. The second-order valence-electron chi connectivity index (χ2n) is 7.04. The first-order chi connectivity index (χ1) is 9.72. The van der Waals surface area contributed by atoms with E-state index in [2.05, 4.69) is 11.8 Å². The van der Waals surface area contributed by atoms with E-state index < -0.39 is 0 Å². The molecule has 0 radical (unpaired) electrons. The van der Waals surface area contributed by atoms with Gasteiger partial charge in [-0.2, -0.15) is 0 Å². The van der Waals surface area contributed by atoms with Crippen molar-refractivity contribution < 1.29 is 4.79 Å². The SMILES string of the molecule is CCCCN1C2CCCCC2C(=O)C2CC(Cl)CCC21. The molecule has 3 fully saturated rings. The average molecular weight is 298 g/mol. The molecule has 1 aliphatic heterocycles. The molecule has 3 rings (SSSR count). The maximum Gasteiger partial charge on any atom is 0.142 e. The van der Waals surface area contributed by atoms with Crippen LogP contribution in [-0.4, -0.2) is 34.7 Å². The maximum atomic E-state index is 12.9. The van der Waals surface area contributed by atoms with Crippen molar-refractivity contribution in [3.05, 3.63) is 0 Å². The van der Waals surface area contributed by atoms with Crippen LogP contribution in [0.15, 0.2) is 0 Å². The second-order valence-corrected chi connectivity index (χ2v) is 7.65. The quantitative estimate of drug-likeness (QED) is 0.734. The highest BCUT2D eigenvalue weighted by Gasteiger charge is 2.50. The normalized spacial score (nSPS) is 42.1. The largest absolute Gasteiger partial charge is 0.299 e. The number of carbonyl (C=O) groups is 1. The van der Waals surface area contributed by atoms with E-state index in [0.717, 1.165) is 25.7 Å². The first-order valence-electron chi connectivity index (χ1n) is 8.66. The van der Waals surface area contributed by atoms with Crippen molar-refractivity contribution in [2.75, 3.05) is 6.54 Å². The highest BCUT2D eigenvalue weighted by Crippen LogP contribution is 2.44. The van der Waals surface area contributed by atoms with E-state index in [-0.39, 0.29) is 11.3 Å². The molecular formula is C17H28ClNO. The number of likely N-dealkylation sites (tertiary alicyclic amines) is 1. The number of hydrogen-bond donors (Lipinski definition) is 0. The van der Waals surface area contributed by atoms with Gasteiger partial charge in [-0.05, 0) is 45.1 Å². The van der Waals surface area contributed by atoms with Crippen LogP contribution in [0.2, 0.25) is 0 Å². The summed E-state index contributed by atoms with van der Waals surface area (Å²) in [5.41, 5.74) is 0. The topological polar surface area (TPSA) is 20.3 Å². The van der Waals surface area contributed by atoms with Crippen LogP contribution >= 0.6 is 11.6 Å². The molecule has 3 heteroatoms. The Balaban J connectivity index is 1.82. The summed E-state index contributed by atoms with van der Waals surface area (Å²) < 4.78 is 0. The molecule has 1 heterocycles. The highest BCUT2D eigenvalue weighted by molar-refractivity contribution is 6.20. The van der Waals surface area contributed by atoms with E-state index in [0.29, 0.717) is 23.8 Å². The summed E-state index contributed by atoms with van der Waals surface area (Å²) in [5, 5.41) is 0.230. The molecule has 20 heavy (non-hydrogen) atoms. The lowest BCUT2D eigenvalue weighted by Gasteiger charge is -2.53. The van der Waals surface area contributed by atoms with Crippen molar-refractivity contribution in [2.45, 2.75) is 82.2 Å². The molecule has 0 spiro atoms. The predicted octanol–water partition coefficient (Wildman–Crippen LogP) is 4.01. The number of Topliss-reactive ketones (excluding diaryl/α,β-unsaturated/α-hetero) is 1. The minimum absolute atomic E-state index is 0.230. The molecule has 2 nitrogen and oxygen atoms in total. The molecule has 0 N–H and O–H groups in total. The van der Waals surface area contributed by atoms with Crippen molar-refractivity contribution in [2.24, 2.45) is 11.8 Å². The van der Waals surface area contributed by atoms with E-state index >= 15 is 0 Å². The zero-order valence-corrected chi connectivity index (χ0v) is 13.4. The van der Waals surface area contributed by atoms with Gasteiger partial charge in [-0.1, -0.05) is 26.2 Å². The van der Waals surface area contributed by atoms with Gasteiger partial charge in [0.05, 0.1) is 0 Å². The molecule has 3 aliphatic rings. The van der Waals surface area contributed by atoms with Gasteiger partial charge in [0.15, 0.2) is 0 Å². The fourth-order valence-corrected chi connectivity index (χ4v) is 5.16. The summed E-state index contributed by atoms with van der Waals surface area (Å²) in [7, 11) is 0. The smallest absolute Gasteiger partial charge is 0.142 e. The van der Waals surface area contributed by atoms with E-state index in [4.69, 9.17) is 11.6 Å². The number of unbranched alkanes of at least 4 members (excludes halogenated alkanes) is 1. The van der Waals surface area contributed by atoms with Gasteiger partial charge in [0.25, 0.3) is 0 Å². The van der Waals surface area contributed by atoms with E-state index in [1.165, 1.54) is 38.6 Å². The van der Waals surface area contributed by atoms with Gasteiger partial charge in [-0.3, -0.25) is 9.69 Å². The lowest BCUT2D eigenvalue weighted by Crippen LogP contribution is -2.62. The van der Waals surface area contributed by atoms with Crippen LogP contribution in [0.1, 0.15) is 64.7 Å². The van der Waals surface area contributed by atoms with Crippen molar-refractivity contribution in [1.29, 1.82) is 0 Å². The highest BCUT2D eigenvalue weighted by atomic mass is 35.5. The molecule has 2 aliphatic carbocycles. The Labute approximate surface area is 128 Å². The van der Waals surface area contributed by atoms with Gasteiger partial charge in [-0.15, -0.1) is 11.6 Å². The Morgan fingerprint density at radius 1 is 1.10 bits per heavy atom. The molecule has 5 atom stereocenters. The molecule has 1 saturated heterocycles. The van der Waals surface area contributed by atoms with Crippen LogP contribution in [0.5, 0.6) is 0 Å². The monoisotopic (exact) mass is 297 g/mol. The predicted molar refractivity (Wildman–Crippen MR) is 83.1 cm³/mol. The number of carbonyl (C=O) groups excluding carboxylic acids is 1. The van der Waals surface area contributed by atoms with Gasteiger partial charge in [-0.25, -0.2) is 0 Å². The fourth-order valence-electron chi connectivity index (χ4n) is 4.84. The number of alkyl halides is 1. The summed E-state index contributed by atoms with van der Waals surface area (Å²) in [4.78, 5) is 15.6. The molecule has 0 bridgehead atoms. The van der Waals surface area contributed by atoms with E-state index in [1.807, 2.05) is 0 Å². The number of hydrogen-bond acceptors (Lipinski definition) is 2. The van der Waals surface area contributed by atoms with Gasteiger partial charge in [0.1, 0.15) is 5.78 Å². The minimum atomic E-state index is 0.230. The Hall–Kier alpha value is -0.0800. The molecule has 5 unspecified atom stereocenters. The minimum Gasteiger partial charge on any atom is -0.299 e. The van der Waals surface area contributed by atoms with Crippen LogP contribution in [0, 0.1) is 11.8 Å². The maximum absolute atomic E-state index is 12.9. The van der Waals surface area contributed by atoms with E-state index in [9.17, 15) is 4.79 Å². The van der Waals surface area contributed by atoms with Gasteiger partial charge in [0, 0.05) is 29.3 Å². The van der Waals surface area contributed by atoms with Crippen LogP contribution in [-0.2, 0) is 4.79 Å². The molecule has 0 aromatic rings. The number of ketones is 1. The van der Waals surface area contributed by atoms with Crippen molar-refractivity contribution in [3.63, 3.8) is 0 Å². The van der Waals surface area contributed by atoms with Gasteiger partial charge < -0.3 is 0 Å². The number of nitrogens with zero attached hydrogens (tertiary/aromatic N) is 1. The molecule has 2 saturated carbocycles. The van der Waals surface area contributed by atoms with E-state index in [1.54, 1.807) is 0 Å². The Kier molecular flexibility index (Phi) is 4.72. The summed E-state index contributed by atoms with van der Waals surface area (Å²) in [6.07, 6.45) is 10.6. The van der Waals surface area contributed by atoms with Gasteiger partial charge >= 0.3 is 0 Å². The number of piperidine rings is 1. The number of halogens is 1. The summed E-state index contributed by atoms with van der Waals surface area (Å²) in [5.74, 6) is 1.13. The standard InChI is InChI=1S/C17H28ClNO/c1-2-3-10-19-15-7-5-4-6-13(15)17(20)14-11-12(18)8-9-16(14)19/h12-16H,2-11H2,1H3. The van der Waals surface area contributed by atoms with Crippen LogP contribution < -0.4 is 0 Å². The number of rotatable bonds is 3. The second kappa shape index (κ2) is 6.36. The third-order valence-corrected chi connectivity index (χ3v) is 6.23. The summed E-state index contributed by atoms with van der Waals surface area (Å²) in [6, 6.07) is 1.05. The number of fused-ring (bicyclic) bond motifs is 2. The fraction of sp³-hybridized carbons (Fsp3) is 0.941. The lowest BCUT2D eigenvalue weighted by molar-refractivity contribution is -0.143. The molecule has 114 valence electrons.